The summed E-state index contributed by atoms with van der Waals surface area (Å²) in [6.07, 6.45) is 1.74. The molecule has 80 valence electrons. The quantitative estimate of drug-likeness (QED) is 0.600. The average Bonchev–Trinajstić information content (AvgIpc) is 2.05. The van der Waals surface area contributed by atoms with Gasteiger partial charge in [0.1, 0.15) is 0 Å². The zero-order chi connectivity index (χ0) is 10.4. The largest absolute Gasteiger partial charge is 0.481 e. The van der Waals surface area contributed by atoms with E-state index in [2.05, 4.69) is 5.32 Å². The van der Waals surface area contributed by atoms with Crippen LogP contribution in [0.25, 0.3) is 0 Å². The minimum absolute atomic E-state index is 0.0105. The topological polar surface area (TPSA) is 75.6 Å². The number of unbranched alkanes of at least 4 members (excludes halogenated alkanes) is 1. The highest BCUT2D eigenvalue weighted by molar-refractivity contribution is 5.76. The molecule has 0 aromatic rings. The van der Waals surface area contributed by atoms with E-state index in [1.165, 1.54) is 0 Å². The van der Waals surface area contributed by atoms with Gasteiger partial charge in [0.05, 0.1) is 19.3 Å². The summed E-state index contributed by atoms with van der Waals surface area (Å²) >= 11 is 0. The number of ether oxygens (including phenoxy) is 1. The van der Waals surface area contributed by atoms with Crippen molar-refractivity contribution in [1.82, 2.24) is 5.32 Å². The van der Waals surface area contributed by atoms with Gasteiger partial charge in [0.25, 0.3) is 0 Å². The minimum atomic E-state index is -0.808. The molecule has 1 rings (SSSR count). The molecule has 0 spiro atoms. The van der Waals surface area contributed by atoms with Crippen LogP contribution in [-0.4, -0.2) is 36.2 Å². The summed E-state index contributed by atoms with van der Waals surface area (Å²) < 4.78 is 4.90. The Balaban J connectivity index is 1.94. The fourth-order valence-electron chi connectivity index (χ4n) is 1.18. The van der Waals surface area contributed by atoms with Gasteiger partial charge in [-0.25, -0.2) is 0 Å². The molecule has 0 atom stereocenters. The molecule has 1 amide bonds. The van der Waals surface area contributed by atoms with Crippen molar-refractivity contribution in [3.05, 3.63) is 0 Å². The van der Waals surface area contributed by atoms with Gasteiger partial charge >= 0.3 is 5.97 Å². The first-order valence-electron chi connectivity index (χ1n) is 4.77. The molecular weight excluding hydrogens is 186 g/mol. The van der Waals surface area contributed by atoms with E-state index in [1.54, 1.807) is 0 Å². The van der Waals surface area contributed by atoms with Crippen molar-refractivity contribution in [2.24, 2.45) is 0 Å². The Bertz CT molecular complexity index is 213. The fraction of sp³-hybridized carbons (Fsp3) is 0.778. The average molecular weight is 201 g/mol. The third kappa shape index (κ3) is 4.23. The van der Waals surface area contributed by atoms with E-state index in [9.17, 15) is 9.59 Å². The van der Waals surface area contributed by atoms with Gasteiger partial charge in [-0.3, -0.25) is 9.59 Å². The highest BCUT2D eigenvalue weighted by Crippen LogP contribution is 2.03. The van der Waals surface area contributed by atoms with Gasteiger partial charge in [0, 0.05) is 12.8 Å². The van der Waals surface area contributed by atoms with Crippen molar-refractivity contribution in [3.63, 3.8) is 0 Å². The maximum Gasteiger partial charge on any atom is 0.303 e. The third-order valence-corrected chi connectivity index (χ3v) is 2.05. The van der Waals surface area contributed by atoms with Crippen LogP contribution < -0.4 is 5.32 Å². The number of hydrogen-bond donors (Lipinski definition) is 2. The molecule has 1 fully saturated rings. The van der Waals surface area contributed by atoms with Crippen molar-refractivity contribution in [2.75, 3.05) is 13.2 Å². The lowest BCUT2D eigenvalue weighted by molar-refractivity contribution is -0.137. The summed E-state index contributed by atoms with van der Waals surface area (Å²) in [6.45, 7) is 1.20. The van der Waals surface area contributed by atoms with Crippen LogP contribution in [0.3, 0.4) is 0 Å². The molecule has 1 aliphatic rings. The molecule has 1 aliphatic heterocycles. The summed E-state index contributed by atoms with van der Waals surface area (Å²) in [6, 6.07) is 0.168. The Labute approximate surface area is 82.4 Å². The van der Waals surface area contributed by atoms with Crippen LogP contribution in [0.15, 0.2) is 0 Å². The van der Waals surface area contributed by atoms with Gasteiger partial charge in [-0.15, -0.1) is 0 Å². The first-order chi connectivity index (χ1) is 6.68. The van der Waals surface area contributed by atoms with E-state index in [0.717, 1.165) is 0 Å². The number of amides is 1. The van der Waals surface area contributed by atoms with Gasteiger partial charge in [-0.2, -0.15) is 0 Å². The number of rotatable bonds is 6. The zero-order valence-corrected chi connectivity index (χ0v) is 7.99. The van der Waals surface area contributed by atoms with Gasteiger partial charge in [-0.05, 0) is 12.8 Å². The van der Waals surface area contributed by atoms with Gasteiger partial charge < -0.3 is 15.2 Å². The van der Waals surface area contributed by atoms with E-state index in [-0.39, 0.29) is 18.4 Å². The predicted molar refractivity (Wildman–Crippen MR) is 48.9 cm³/mol. The number of aliphatic carboxylic acids is 1. The minimum Gasteiger partial charge on any atom is -0.481 e. The lowest BCUT2D eigenvalue weighted by atomic mass is 10.1. The van der Waals surface area contributed by atoms with Crippen molar-refractivity contribution in [3.8, 4) is 0 Å². The lowest BCUT2D eigenvalue weighted by Crippen LogP contribution is -2.48. The van der Waals surface area contributed by atoms with Gasteiger partial charge in [0.2, 0.25) is 5.91 Å². The molecule has 2 N–H and O–H groups in total. The first kappa shape index (κ1) is 11.0. The first-order valence-corrected chi connectivity index (χ1v) is 4.77. The normalized spacial score (nSPS) is 16.0. The van der Waals surface area contributed by atoms with E-state index in [0.29, 0.717) is 32.5 Å². The third-order valence-electron chi connectivity index (χ3n) is 2.05. The second-order valence-electron chi connectivity index (χ2n) is 3.40. The van der Waals surface area contributed by atoms with Crippen molar-refractivity contribution >= 4 is 11.9 Å². The summed E-state index contributed by atoms with van der Waals surface area (Å²) in [4.78, 5) is 21.3. The Kier molecular flexibility index (Phi) is 4.39. The Morgan fingerprint density at radius 1 is 1.29 bits per heavy atom. The summed E-state index contributed by atoms with van der Waals surface area (Å²) in [5, 5.41) is 11.1. The standard InChI is InChI=1S/C9H15NO4/c11-8(10-7-5-14-6-7)3-1-2-4-9(12)13/h7H,1-6H2,(H,10,11)(H,12,13). The van der Waals surface area contributed by atoms with E-state index < -0.39 is 5.97 Å². The molecule has 5 nitrogen and oxygen atoms in total. The van der Waals surface area contributed by atoms with Crippen LogP contribution in [0.1, 0.15) is 25.7 Å². The number of nitrogens with one attached hydrogen (secondary N) is 1. The highest BCUT2D eigenvalue weighted by Gasteiger charge is 2.19. The maximum absolute atomic E-state index is 11.2. The fourth-order valence-corrected chi connectivity index (χ4v) is 1.18. The number of hydrogen-bond acceptors (Lipinski definition) is 3. The summed E-state index contributed by atoms with van der Waals surface area (Å²) in [5.74, 6) is -0.818. The molecule has 0 aromatic carbocycles. The molecule has 0 radical (unpaired) electrons. The second-order valence-corrected chi connectivity index (χ2v) is 3.40. The van der Waals surface area contributed by atoms with Crippen LogP contribution in [0, 0.1) is 0 Å². The maximum atomic E-state index is 11.2. The molecule has 14 heavy (non-hydrogen) atoms. The zero-order valence-electron chi connectivity index (χ0n) is 7.99. The number of carbonyl (C=O) groups is 2. The monoisotopic (exact) mass is 201 g/mol. The van der Waals surface area contributed by atoms with Crippen LogP contribution >= 0.6 is 0 Å². The van der Waals surface area contributed by atoms with Crippen molar-refractivity contribution < 1.29 is 19.4 Å². The highest BCUT2D eigenvalue weighted by atomic mass is 16.5. The lowest BCUT2D eigenvalue weighted by Gasteiger charge is -2.26. The summed E-state index contributed by atoms with van der Waals surface area (Å²) in [5.41, 5.74) is 0. The smallest absolute Gasteiger partial charge is 0.303 e. The second kappa shape index (κ2) is 5.59. The Hall–Kier alpha value is -1.10. The Morgan fingerprint density at radius 3 is 2.43 bits per heavy atom. The van der Waals surface area contributed by atoms with E-state index >= 15 is 0 Å². The van der Waals surface area contributed by atoms with Gasteiger partial charge in [-0.1, -0.05) is 0 Å². The van der Waals surface area contributed by atoms with Crippen LogP contribution in [0.5, 0.6) is 0 Å². The van der Waals surface area contributed by atoms with Crippen LogP contribution in [-0.2, 0) is 14.3 Å². The number of carboxylic acid groups (broad SMARTS) is 1. The van der Waals surface area contributed by atoms with E-state index in [1.807, 2.05) is 0 Å². The van der Waals surface area contributed by atoms with Crippen LogP contribution in [0.4, 0.5) is 0 Å². The molecule has 0 saturated carbocycles. The van der Waals surface area contributed by atoms with E-state index in [4.69, 9.17) is 9.84 Å². The molecule has 1 heterocycles. The SMILES string of the molecule is O=C(O)CCCCC(=O)NC1COC1. The molecule has 1 saturated heterocycles. The molecule has 0 aliphatic carbocycles. The summed E-state index contributed by atoms with van der Waals surface area (Å²) in [7, 11) is 0. The van der Waals surface area contributed by atoms with Crippen molar-refractivity contribution in [2.45, 2.75) is 31.7 Å². The van der Waals surface area contributed by atoms with Gasteiger partial charge in [0.15, 0.2) is 0 Å². The molecule has 0 unspecified atom stereocenters. The number of carboxylic acids is 1. The molecular formula is C9H15NO4. The molecule has 0 aromatic heterocycles. The molecule has 5 heteroatoms. The number of carbonyl (C=O) groups excluding carboxylic acids is 1. The molecule has 0 bridgehead atoms. The predicted octanol–water partition coefficient (Wildman–Crippen LogP) is 0.146. The van der Waals surface area contributed by atoms with Crippen molar-refractivity contribution in [1.29, 1.82) is 0 Å². The van der Waals surface area contributed by atoms with Crippen LogP contribution in [0.2, 0.25) is 0 Å². The Morgan fingerprint density at radius 2 is 1.93 bits per heavy atom.